The second-order valence-corrected chi connectivity index (χ2v) is 5.65. The van der Waals surface area contributed by atoms with E-state index in [1.807, 2.05) is 48.5 Å². The highest BCUT2D eigenvalue weighted by Gasteiger charge is 2.14. The van der Waals surface area contributed by atoms with Crippen LogP contribution in [0.3, 0.4) is 0 Å². The van der Waals surface area contributed by atoms with Crippen LogP contribution in [-0.4, -0.2) is 17.7 Å². The molecule has 0 radical (unpaired) electrons. The highest BCUT2D eigenvalue weighted by Crippen LogP contribution is 2.32. The lowest BCUT2D eigenvalue weighted by atomic mass is 10.2. The van der Waals surface area contributed by atoms with Crippen LogP contribution in [0.1, 0.15) is 11.3 Å². The maximum atomic E-state index is 12.1. The Bertz CT molecular complexity index is 889. The average molecular weight is 336 g/mol. The smallest absolute Gasteiger partial charge is 0.231 e. The molecule has 4 rings (SSSR count). The van der Waals surface area contributed by atoms with E-state index in [9.17, 15) is 4.79 Å². The molecule has 0 bridgehead atoms. The fourth-order valence-electron chi connectivity index (χ4n) is 2.58. The minimum atomic E-state index is -0.120. The maximum absolute atomic E-state index is 12.1. The molecule has 2 aromatic carbocycles. The Labute approximate surface area is 144 Å². The Kier molecular flexibility index (Phi) is 4.08. The average Bonchev–Trinajstić information content (AvgIpc) is 3.29. The molecule has 126 valence electrons. The molecule has 0 saturated heterocycles. The summed E-state index contributed by atoms with van der Waals surface area (Å²) in [6.45, 7) is 0.653. The van der Waals surface area contributed by atoms with Crippen molar-refractivity contribution in [2.75, 3.05) is 6.79 Å². The first-order valence-corrected chi connectivity index (χ1v) is 7.93. The summed E-state index contributed by atoms with van der Waals surface area (Å²) in [5.74, 6) is 1.83. The second-order valence-electron chi connectivity index (χ2n) is 5.65. The van der Waals surface area contributed by atoms with Gasteiger partial charge < -0.3 is 19.2 Å². The van der Waals surface area contributed by atoms with Crippen molar-refractivity contribution >= 4 is 5.91 Å². The summed E-state index contributed by atoms with van der Waals surface area (Å²) in [5, 5.41) is 2.87. The Morgan fingerprint density at radius 2 is 1.92 bits per heavy atom. The normalized spacial score (nSPS) is 12.2. The monoisotopic (exact) mass is 336 g/mol. The van der Waals surface area contributed by atoms with E-state index >= 15 is 0 Å². The van der Waals surface area contributed by atoms with E-state index in [1.165, 1.54) is 6.26 Å². The second kappa shape index (κ2) is 6.68. The third kappa shape index (κ3) is 3.47. The molecular formula is C19H16N2O4. The number of rotatable bonds is 5. The number of hydrogen-bond acceptors (Lipinski definition) is 5. The molecule has 0 fully saturated rings. The summed E-state index contributed by atoms with van der Waals surface area (Å²) in [7, 11) is 0. The molecule has 2 heterocycles. The molecule has 6 heteroatoms. The number of carbonyl (C=O) groups excluding carboxylic acids is 1. The molecule has 1 aliphatic rings. The molecule has 0 aliphatic carbocycles. The zero-order valence-electron chi connectivity index (χ0n) is 13.4. The van der Waals surface area contributed by atoms with Gasteiger partial charge in [0.2, 0.25) is 18.6 Å². The number of aromatic nitrogens is 1. The summed E-state index contributed by atoms with van der Waals surface area (Å²) < 4.78 is 16.0. The molecule has 1 amide bonds. The standard InChI is InChI=1S/C19H16N2O4/c22-18(20-10-13-6-7-16-17(8-13)25-12-24-16)9-15-11-23-19(21-15)14-4-2-1-3-5-14/h1-8,11H,9-10,12H2,(H,20,22). The van der Waals surface area contributed by atoms with Crippen molar-refractivity contribution in [3.63, 3.8) is 0 Å². The van der Waals surface area contributed by atoms with Gasteiger partial charge in [-0.1, -0.05) is 24.3 Å². The van der Waals surface area contributed by atoms with Gasteiger partial charge in [-0.3, -0.25) is 4.79 Å². The summed E-state index contributed by atoms with van der Waals surface area (Å²) >= 11 is 0. The van der Waals surface area contributed by atoms with Gasteiger partial charge >= 0.3 is 0 Å². The minimum absolute atomic E-state index is 0.120. The van der Waals surface area contributed by atoms with E-state index in [0.717, 1.165) is 16.9 Å². The Hall–Kier alpha value is -3.28. The lowest BCUT2D eigenvalue weighted by Crippen LogP contribution is -2.24. The summed E-state index contributed by atoms with van der Waals surface area (Å²) in [6, 6.07) is 15.2. The van der Waals surface area contributed by atoms with Gasteiger partial charge in [0.1, 0.15) is 6.26 Å². The number of hydrogen-bond donors (Lipinski definition) is 1. The zero-order chi connectivity index (χ0) is 17.1. The van der Waals surface area contributed by atoms with E-state index in [2.05, 4.69) is 10.3 Å². The van der Waals surface area contributed by atoms with Crippen molar-refractivity contribution in [2.45, 2.75) is 13.0 Å². The van der Waals surface area contributed by atoms with E-state index in [0.29, 0.717) is 23.9 Å². The molecular weight excluding hydrogens is 320 g/mol. The first-order valence-electron chi connectivity index (χ1n) is 7.93. The van der Waals surface area contributed by atoms with Gasteiger partial charge in [0.25, 0.3) is 0 Å². The van der Waals surface area contributed by atoms with Crippen molar-refractivity contribution in [1.29, 1.82) is 0 Å². The highest BCUT2D eigenvalue weighted by molar-refractivity contribution is 5.78. The predicted octanol–water partition coefficient (Wildman–Crippen LogP) is 2.93. The number of carbonyl (C=O) groups is 1. The van der Waals surface area contributed by atoms with Crippen LogP contribution in [0.15, 0.2) is 59.2 Å². The molecule has 0 unspecified atom stereocenters. The van der Waals surface area contributed by atoms with Gasteiger partial charge in [0.15, 0.2) is 11.5 Å². The molecule has 1 aromatic heterocycles. The number of ether oxygens (including phenoxy) is 2. The highest BCUT2D eigenvalue weighted by atomic mass is 16.7. The fraction of sp³-hybridized carbons (Fsp3) is 0.158. The number of amides is 1. The van der Waals surface area contributed by atoms with Crippen molar-refractivity contribution in [1.82, 2.24) is 10.3 Å². The Morgan fingerprint density at radius 3 is 2.80 bits per heavy atom. The molecule has 0 atom stereocenters. The number of oxazole rings is 1. The minimum Gasteiger partial charge on any atom is -0.454 e. The van der Waals surface area contributed by atoms with Crippen molar-refractivity contribution in [2.24, 2.45) is 0 Å². The van der Waals surface area contributed by atoms with Crippen LogP contribution < -0.4 is 14.8 Å². The molecule has 6 nitrogen and oxygen atoms in total. The lowest BCUT2D eigenvalue weighted by Gasteiger charge is -2.05. The summed E-state index contributed by atoms with van der Waals surface area (Å²) in [4.78, 5) is 16.5. The molecule has 3 aromatic rings. The zero-order valence-corrected chi connectivity index (χ0v) is 13.4. The summed E-state index contributed by atoms with van der Waals surface area (Å²) in [5.41, 5.74) is 2.43. The Balaban J connectivity index is 1.34. The van der Waals surface area contributed by atoms with E-state index < -0.39 is 0 Å². The first-order chi connectivity index (χ1) is 12.3. The van der Waals surface area contributed by atoms with Gasteiger partial charge in [-0.25, -0.2) is 4.98 Å². The molecule has 0 spiro atoms. The topological polar surface area (TPSA) is 73.6 Å². The van der Waals surface area contributed by atoms with Crippen LogP contribution in [0.4, 0.5) is 0 Å². The molecule has 1 aliphatic heterocycles. The van der Waals surface area contributed by atoms with E-state index in [1.54, 1.807) is 0 Å². The van der Waals surface area contributed by atoms with Crippen LogP contribution in [-0.2, 0) is 17.8 Å². The van der Waals surface area contributed by atoms with Gasteiger partial charge in [0.05, 0.1) is 12.1 Å². The number of nitrogens with zero attached hydrogens (tertiary/aromatic N) is 1. The summed E-state index contributed by atoms with van der Waals surface area (Å²) in [6.07, 6.45) is 1.68. The predicted molar refractivity (Wildman–Crippen MR) is 90.1 cm³/mol. The van der Waals surface area contributed by atoms with E-state index in [-0.39, 0.29) is 19.1 Å². The van der Waals surface area contributed by atoms with Gasteiger partial charge in [-0.15, -0.1) is 0 Å². The third-order valence-corrected chi connectivity index (χ3v) is 3.84. The Morgan fingerprint density at radius 1 is 1.08 bits per heavy atom. The molecule has 25 heavy (non-hydrogen) atoms. The van der Waals surface area contributed by atoms with Crippen molar-refractivity contribution in [3.05, 3.63) is 66.1 Å². The fourth-order valence-corrected chi connectivity index (χ4v) is 2.58. The van der Waals surface area contributed by atoms with Crippen molar-refractivity contribution < 1.29 is 18.7 Å². The van der Waals surface area contributed by atoms with Crippen LogP contribution in [0.2, 0.25) is 0 Å². The van der Waals surface area contributed by atoms with Crippen LogP contribution >= 0.6 is 0 Å². The largest absolute Gasteiger partial charge is 0.454 e. The van der Waals surface area contributed by atoms with Gasteiger partial charge in [0, 0.05) is 12.1 Å². The SMILES string of the molecule is O=C(Cc1coc(-c2ccccc2)n1)NCc1ccc2c(c1)OCO2. The first kappa shape index (κ1) is 15.3. The molecule has 1 N–H and O–H groups in total. The van der Waals surface area contributed by atoms with Gasteiger partial charge in [-0.05, 0) is 29.8 Å². The van der Waals surface area contributed by atoms with Crippen LogP contribution in [0, 0.1) is 0 Å². The molecule has 0 saturated carbocycles. The van der Waals surface area contributed by atoms with Crippen LogP contribution in [0.5, 0.6) is 11.5 Å². The number of nitrogens with one attached hydrogen (secondary N) is 1. The maximum Gasteiger partial charge on any atom is 0.231 e. The van der Waals surface area contributed by atoms with Crippen molar-refractivity contribution in [3.8, 4) is 23.0 Å². The lowest BCUT2D eigenvalue weighted by molar-refractivity contribution is -0.120. The van der Waals surface area contributed by atoms with Crippen LogP contribution in [0.25, 0.3) is 11.5 Å². The number of benzene rings is 2. The number of fused-ring (bicyclic) bond motifs is 1. The third-order valence-electron chi connectivity index (χ3n) is 3.84. The van der Waals surface area contributed by atoms with Gasteiger partial charge in [-0.2, -0.15) is 0 Å². The van der Waals surface area contributed by atoms with E-state index in [4.69, 9.17) is 13.9 Å². The quantitative estimate of drug-likeness (QED) is 0.775.